The first kappa shape index (κ1) is 22.6. The SMILES string of the molecule is Cc1ccc(/C(O)=C2/C(=O)C(=O)N(CCOC(C)C)C2c2ccc(N(C)C)cc2)cc1. The van der Waals surface area contributed by atoms with E-state index in [1.807, 2.05) is 76.2 Å². The van der Waals surface area contributed by atoms with Crippen LogP contribution in [0.2, 0.25) is 0 Å². The van der Waals surface area contributed by atoms with Crippen molar-refractivity contribution in [3.8, 4) is 0 Å². The number of ether oxygens (including phenoxy) is 1. The number of hydrogen-bond donors (Lipinski definition) is 1. The quantitative estimate of drug-likeness (QED) is 0.416. The van der Waals surface area contributed by atoms with Gasteiger partial charge in [0, 0.05) is 31.9 Å². The van der Waals surface area contributed by atoms with Crippen molar-refractivity contribution in [2.24, 2.45) is 0 Å². The topological polar surface area (TPSA) is 70.1 Å². The van der Waals surface area contributed by atoms with Crippen molar-refractivity contribution in [1.82, 2.24) is 4.90 Å². The largest absolute Gasteiger partial charge is 0.507 e. The Labute approximate surface area is 183 Å². The Bertz CT molecular complexity index is 976. The van der Waals surface area contributed by atoms with Crippen molar-refractivity contribution in [1.29, 1.82) is 0 Å². The summed E-state index contributed by atoms with van der Waals surface area (Å²) in [6, 6.07) is 14.2. The van der Waals surface area contributed by atoms with Gasteiger partial charge >= 0.3 is 0 Å². The second kappa shape index (κ2) is 9.35. The lowest BCUT2D eigenvalue weighted by molar-refractivity contribution is -0.140. The van der Waals surface area contributed by atoms with Crippen molar-refractivity contribution in [2.75, 3.05) is 32.1 Å². The van der Waals surface area contributed by atoms with Gasteiger partial charge in [0.15, 0.2) is 0 Å². The predicted octanol–water partition coefficient (Wildman–Crippen LogP) is 3.91. The monoisotopic (exact) mass is 422 g/mol. The van der Waals surface area contributed by atoms with E-state index in [0.29, 0.717) is 12.2 Å². The molecule has 1 aliphatic heterocycles. The maximum absolute atomic E-state index is 13.0. The summed E-state index contributed by atoms with van der Waals surface area (Å²) in [5, 5.41) is 11.0. The van der Waals surface area contributed by atoms with Gasteiger partial charge in [-0.05, 0) is 38.5 Å². The molecule has 1 unspecified atom stereocenters. The number of aryl methyl sites for hydroxylation is 1. The van der Waals surface area contributed by atoms with Gasteiger partial charge in [0.05, 0.1) is 24.3 Å². The molecule has 1 aliphatic rings. The third kappa shape index (κ3) is 4.80. The Hall–Kier alpha value is -3.12. The van der Waals surface area contributed by atoms with E-state index >= 15 is 0 Å². The van der Waals surface area contributed by atoms with Gasteiger partial charge in [0.25, 0.3) is 11.7 Å². The number of ketones is 1. The molecular formula is C25H30N2O4. The van der Waals surface area contributed by atoms with Gasteiger partial charge in [0.1, 0.15) is 5.76 Å². The van der Waals surface area contributed by atoms with E-state index in [9.17, 15) is 14.7 Å². The molecule has 1 saturated heterocycles. The number of benzene rings is 2. The molecule has 0 aromatic heterocycles. The van der Waals surface area contributed by atoms with Crippen LogP contribution in [0.1, 0.15) is 36.6 Å². The molecule has 31 heavy (non-hydrogen) atoms. The van der Waals surface area contributed by atoms with Crippen LogP contribution in [0, 0.1) is 6.92 Å². The molecule has 2 aromatic rings. The highest BCUT2D eigenvalue weighted by Gasteiger charge is 2.45. The molecule has 3 rings (SSSR count). The third-order valence-electron chi connectivity index (χ3n) is 5.37. The number of likely N-dealkylation sites (tertiary alicyclic amines) is 1. The van der Waals surface area contributed by atoms with Crippen molar-refractivity contribution >= 4 is 23.1 Å². The molecular weight excluding hydrogens is 392 g/mol. The molecule has 0 bridgehead atoms. The van der Waals surface area contributed by atoms with Gasteiger partial charge < -0.3 is 19.6 Å². The number of amides is 1. The van der Waals surface area contributed by atoms with E-state index in [-0.39, 0.29) is 24.0 Å². The molecule has 1 heterocycles. The Morgan fingerprint density at radius 2 is 1.68 bits per heavy atom. The number of anilines is 1. The number of aliphatic hydroxyl groups excluding tert-OH is 1. The Balaban J connectivity index is 2.08. The summed E-state index contributed by atoms with van der Waals surface area (Å²) in [6.45, 7) is 6.35. The zero-order valence-electron chi connectivity index (χ0n) is 18.8. The summed E-state index contributed by atoms with van der Waals surface area (Å²) in [5.74, 6) is -1.46. The first-order chi connectivity index (χ1) is 14.7. The fraction of sp³-hybridized carbons (Fsp3) is 0.360. The lowest BCUT2D eigenvalue weighted by atomic mass is 9.95. The smallest absolute Gasteiger partial charge is 0.295 e. The van der Waals surface area contributed by atoms with Gasteiger partial charge in [-0.1, -0.05) is 42.0 Å². The highest BCUT2D eigenvalue weighted by atomic mass is 16.5. The molecule has 6 nitrogen and oxygen atoms in total. The standard InChI is InChI=1S/C25H30N2O4/c1-16(2)31-15-14-27-22(18-10-12-20(13-11-18)26(4)5)21(24(29)25(27)30)23(28)19-8-6-17(3)7-9-19/h6-13,16,22,28H,14-15H2,1-5H3/b23-21-. The number of Topliss-reactive ketones (excluding diaryl/α,β-unsaturated/α-hetero) is 1. The maximum atomic E-state index is 13.0. The van der Waals surface area contributed by atoms with Crippen LogP contribution in [0.15, 0.2) is 54.1 Å². The molecule has 0 aliphatic carbocycles. The molecule has 0 saturated carbocycles. The van der Waals surface area contributed by atoms with E-state index < -0.39 is 17.7 Å². The summed E-state index contributed by atoms with van der Waals surface area (Å²) in [7, 11) is 3.89. The van der Waals surface area contributed by atoms with Crippen LogP contribution in [0.4, 0.5) is 5.69 Å². The van der Waals surface area contributed by atoms with Crippen LogP contribution in [0.5, 0.6) is 0 Å². The predicted molar refractivity (Wildman–Crippen MR) is 122 cm³/mol. The van der Waals surface area contributed by atoms with Crippen molar-refractivity contribution in [3.63, 3.8) is 0 Å². The van der Waals surface area contributed by atoms with E-state index in [0.717, 1.165) is 16.8 Å². The molecule has 2 aromatic carbocycles. The van der Waals surface area contributed by atoms with Crippen molar-refractivity contribution in [3.05, 3.63) is 70.8 Å². The molecule has 1 atom stereocenters. The highest BCUT2D eigenvalue weighted by molar-refractivity contribution is 6.46. The zero-order valence-corrected chi connectivity index (χ0v) is 18.8. The number of carbonyl (C=O) groups excluding carboxylic acids is 2. The first-order valence-corrected chi connectivity index (χ1v) is 10.4. The normalized spacial score (nSPS) is 18.1. The summed E-state index contributed by atoms with van der Waals surface area (Å²) in [5.41, 5.74) is 3.43. The highest BCUT2D eigenvalue weighted by Crippen LogP contribution is 2.39. The third-order valence-corrected chi connectivity index (χ3v) is 5.37. The van der Waals surface area contributed by atoms with Gasteiger partial charge in [-0.15, -0.1) is 0 Å². The van der Waals surface area contributed by atoms with Gasteiger partial charge in [0.2, 0.25) is 0 Å². The van der Waals surface area contributed by atoms with Crippen molar-refractivity contribution in [2.45, 2.75) is 32.9 Å². The Kier molecular flexibility index (Phi) is 6.81. The average Bonchev–Trinajstić information content (AvgIpc) is 2.98. The van der Waals surface area contributed by atoms with Crippen molar-refractivity contribution < 1.29 is 19.4 Å². The molecule has 1 fully saturated rings. The van der Waals surface area contributed by atoms with E-state index in [1.54, 1.807) is 12.1 Å². The minimum absolute atomic E-state index is 0.0159. The average molecular weight is 423 g/mol. The number of hydrogen-bond acceptors (Lipinski definition) is 5. The second-order valence-corrected chi connectivity index (χ2v) is 8.26. The maximum Gasteiger partial charge on any atom is 0.295 e. The number of aliphatic hydroxyl groups is 1. The van der Waals surface area contributed by atoms with Gasteiger partial charge in [-0.3, -0.25) is 9.59 Å². The summed E-state index contributed by atoms with van der Waals surface area (Å²) < 4.78 is 5.63. The molecule has 6 heteroatoms. The lowest BCUT2D eigenvalue weighted by Crippen LogP contribution is -2.33. The summed E-state index contributed by atoms with van der Waals surface area (Å²) in [6.07, 6.45) is 0.0159. The Morgan fingerprint density at radius 3 is 2.23 bits per heavy atom. The second-order valence-electron chi connectivity index (χ2n) is 8.26. The van der Waals surface area contributed by atoms with E-state index in [4.69, 9.17) is 4.74 Å². The zero-order chi connectivity index (χ0) is 22.7. The fourth-order valence-electron chi connectivity index (χ4n) is 3.67. The van der Waals surface area contributed by atoms with Crippen LogP contribution >= 0.6 is 0 Å². The van der Waals surface area contributed by atoms with Gasteiger partial charge in [-0.25, -0.2) is 0 Å². The summed E-state index contributed by atoms with van der Waals surface area (Å²) >= 11 is 0. The minimum Gasteiger partial charge on any atom is -0.507 e. The van der Waals surface area contributed by atoms with Crippen LogP contribution in [0.3, 0.4) is 0 Å². The van der Waals surface area contributed by atoms with Crippen LogP contribution in [0.25, 0.3) is 5.76 Å². The van der Waals surface area contributed by atoms with E-state index in [1.165, 1.54) is 4.90 Å². The van der Waals surface area contributed by atoms with Crippen LogP contribution in [-0.4, -0.2) is 55.0 Å². The molecule has 164 valence electrons. The molecule has 1 N–H and O–H groups in total. The molecule has 1 amide bonds. The van der Waals surface area contributed by atoms with Crippen LogP contribution in [-0.2, 0) is 14.3 Å². The number of carbonyl (C=O) groups is 2. The van der Waals surface area contributed by atoms with E-state index in [2.05, 4.69) is 0 Å². The Morgan fingerprint density at radius 1 is 1.06 bits per heavy atom. The van der Waals surface area contributed by atoms with Gasteiger partial charge in [-0.2, -0.15) is 0 Å². The minimum atomic E-state index is -0.677. The molecule has 0 spiro atoms. The first-order valence-electron chi connectivity index (χ1n) is 10.4. The van der Waals surface area contributed by atoms with Crippen LogP contribution < -0.4 is 4.90 Å². The summed E-state index contributed by atoms with van der Waals surface area (Å²) in [4.78, 5) is 29.4. The molecule has 0 radical (unpaired) electrons. The number of rotatable bonds is 7. The fourth-order valence-corrected chi connectivity index (χ4v) is 3.67. The number of nitrogens with zero attached hydrogens (tertiary/aromatic N) is 2. The lowest BCUT2D eigenvalue weighted by Gasteiger charge is -2.26.